The Morgan fingerprint density at radius 1 is 1.40 bits per heavy atom. The van der Waals surface area contributed by atoms with E-state index in [0.717, 1.165) is 17.5 Å². The first kappa shape index (κ1) is 14.2. The number of rotatable bonds is 3. The summed E-state index contributed by atoms with van der Waals surface area (Å²) in [6.45, 7) is 3.79. The maximum atomic E-state index is 11.0. The van der Waals surface area contributed by atoms with E-state index in [0.29, 0.717) is 5.71 Å². The van der Waals surface area contributed by atoms with Gasteiger partial charge < -0.3 is 0 Å². The van der Waals surface area contributed by atoms with Crippen LogP contribution in [0.15, 0.2) is 34.4 Å². The fourth-order valence-electron chi connectivity index (χ4n) is 2.06. The molecule has 0 radical (unpaired) electrons. The summed E-state index contributed by atoms with van der Waals surface area (Å²) in [6.07, 6.45) is 0.863. The molecule has 0 spiro atoms. The molecule has 0 aliphatic carbocycles. The fourth-order valence-corrected chi connectivity index (χ4v) is 2.27. The van der Waals surface area contributed by atoms with Gasteiger partial charge in [-0.15, -0.1) is 0 Å². The fraction of sp³-hybridized carbons (Fsp3) is 0.308. The lowest BCUT2D eigenvalue weighted by molar-refractivity contribution is 0.344. The highest BCUT2D eigenvalue weighted by atomic mass is 32.2. The topological polar surface area (TPSA) is 91.9 Å². The number of hydrogen-bond acceptors (Lipinski definition) is 6. The summed E-state index contributed by atoms with van der Waals surface area (Å²) in [5.74, 6) is 0. The highest BCUT2D eigenvalue weighted by molar-refractivity contribution is 7.85. The normalized spacial score (nSPS) is 17.1. The van der Waals surface area contributed by atoms with E-state index >= 15 is 0 Å². The van der Waals surface area contributed by atoms with Crippen molar-refractivity contribution in [2.24, 2.45) is 10.1 Å². The lowest BCUT2D eigenvalue weighted by Crippen LogP contribution is -2.32. The van der Waals surface area contributed by atoms with Crippen molar-refractivity contribution < 1.29 is 12.7 Å². The van der Waals surface area contributed by atoms with Crippen molar-refractivity contribution >= 4 is 27.2 Å². The maximum Gasteiger partial charge on any atom is 0.325 e. The van der Waals surface area contributed by atoms with Crippen molar-refractivity contribution in [1.29, 1.82) is 5.26 Å². The van der Waals surface area contributed by atoms with E-state index in [2.05, 4.69) is 14.4 Å². The van der Waals surface area contributed by atoms with Crippen LogP contribution in [0, 0.1) is 11.3 Å². The molecule has 1 aromatic carbocycles. The lowest BCUT2D eigenvalue weighted by atomic mass is 9.80. The van der Waals surface area contributed by atoms with Crippen molar-refractivity contribution in [2.45, 2.75) is 19.3 Å². The van der Waals surface area contributed by atoms with Gasteiger partial charge >= 0.3 is 10.1 Å². The quantitative estimate of drug-likeness (QED) is 0.628. The highest BCUT2D eigenvalue weighted by Gasteiger charge is 2.38. The largest absolute Gasteiger partial charge is 0.325 e. The Kier molecular flexibility index (Phi) is 3.36. The van der Waals surface area contributed by atoms with E-state index in [9.17, 15) is 8.42 Å². The molecule has 0 amide bonds. The molecule has 0 saturated heterocycles. The van der Waals surface area contributed by atoms with Crippen molar-refractivity contribution in [1.82, 2.24) is 0 Å². The van der Waals surface area contributed by atoms with E-state index in [1.807, 2.05) is 44.2 Å². The zero-order chi connectivity index (χ0) is 15.0. The van der Waals surface area contributed by atoms with Gasteiger partial charge in [0.2, 0.25) is 5.71 Å². The molecule has 6 nitrogen and oxygen atoms in total. The summed E-state index contributed by atoms with van der Waals surface area (Å²) < 4.78 is 26.3. The summed E-state index contributed by atoms with van der Waals surface area (Å²) in [4.78, 5) is 4.36. The number of nitriles is 1. The smallest absolute Gasteiger partial charge is 0.267 e. The number of fused-ring (bicyclic) bond motifs is 1. The first-order valence-corrected chi connectivity index (χ1v) is 7.63. The van der Waals surface area contributed by atoms with Crippen LogP contribution in [0.1, 0.15) is 19.4 Å². The SMILES string of the molecule is CC1(C)C(/C(C#N)=N/OS(C)(=O)=O)=Nc2ccccc21. The van der Waals surface area contributed by atoms with Crippen LogP contribution in [-0.4, -0.2) is 26.1 Å². The third kappa shape index (κ3) is 2.56. The second kappa shape index (κ2) is 4.72. The summed E-state index contributed by atoms with van der Waals surface area (Å²) in [5.41, 5.74) is 1.42. The van der Waals surface area contributed by atoms with E-state index in [-0.39, 0.29) is 5.71 Å². The predicted molar refractivity (Wildman–Crippen MR) is 75.5 cm³/mol. The Labute approximate surface area is 117 Å². The third-order valence-corrected chi connectivity index (χ3v) is 3.34. The molecule has 0 unspecified atom stereocenters. The molecule has 0 atom stereocenters. The van der Waals surface area contributed by atoms with E-state index in [1.165, 1.54) is 0 Å². The predicted octanol–water partition coefficient (Wildman–Crippen LogP) is 1.91. The maximum absolute atomic E-state index is 11.0. The van der Waals surface area contributed by atoms with Crippen LogP contribution in [0.5, 0.6) is 0 Å². The molecular weight excluding hydrogens is 278 g/mol. The molecule has 7 heteroatoms. The average Bonchev–Trinajstić information content (AvgIpc) is 2.62. The molecule has 0 N–H and O–H groups in total. The Morgan fingerprint density at radius 3 is 2.60 bits per heavy atom. The van der Waals surface area contributed by atoms with Crippen molar-refractivity contribution in [3.05, 3.63) is 29.8 Å². The Balaban J connectivity index is 2.47. The van der Waals surface area contributed by atoms with Gasteiger partial charge in [0.1, 0.15) is 6.07 Å². The molecule has 1 aliphatic rings. The van der Waals surface area contributed by atoms with E-state index in [4.69, 9.17) is 5.26 Å². The van der Waals surface area contributed by atoms with Gasteiger partial charge in [-0.1, -0.05) is 23.4 Å². The van der Waals surface area contributed by atoms with Crippen LogP contribution in [0.4, 0.5) is 5.69 Å². The number of hydrogen-bond donors (Lipinski definition) is 0. The van der Waals surface area contributed by atoms with Gasteiger partial charge in [0.05, 0.1) is 17.7 Å². The van der Waals surface area contributed by atoms with Gasteiger partial charge in [-0.25, -0.2) is 4.99 Å². The van der Waals surface area contributed by atoms with Gasteiger partial charge in [-0.2, -0.15) is 13.7 Å². The molecule has 1 aromatic rings. The van der Waals surface area contributed by atoms with Crippen molar-refractivity contribution in [2.75, 3.05) is 6.26 Å². The van der Waals surface area contributed by atoms with Crippen LogP contribution >= 0.6 is 0 Å². The number of benzene rings is 1. The molecule has 2 rings (SSSR count). The van der Waals surface area contributed by atoms with Crippen LogP contribution in [-0.2, 0) is 19.8 Å². The second-order valence-electron chi connectivity index (χ2n) is 4.93. The minimum atomic E-state index is -3.76. The minimum Gasteiger partial charge on any atom is -0.267 e. The molecule has 0 saturated carbocycles. The van der Waals surface area contributed by atoms with Gasteiger partial charge in [-0.05, 0) is 25.5 Å². The third-order valence-electron chi connectivity index (χ3n) is 3.00. The Morgan fingerprint density at radius 2 is 2.05 bits per heavy atom. The standard InChI is InChI=1S/C13H13N3O3S/c1-13(2)9-6-4-5-7-10(9)15-12(13)11(8-14)16-19-20(3,17)18/h4-7H,1-3H3/b16-11+. The lowest BCUT2D eigenvalue weighted by Gasteiger charge is -2.20. The zero-order valence-corrected chi connectivity index (χ0v) is 12.1. The van der Waals surface area contributed by atoms with Gasteiger partial charge in [0.15, 0.2) is 0 Å². The molecule has 1 heterocycles. The minimum absolute atomic E-state index is 0.142. The van der Waals surface area contributed by atoms with Gasteiger partial charge in [0, 0.05) is 5.41 Å². The molecule has 1 aliphatic heterocycles. The van der Waals surface area contributed by atoms with E-state index in [1.54, 1.807) is 0 Å². The number of oxime groups is 1. The Bertz CT molecular complexity index is 755. The average molecular weight is 291 g/mol. The van der Waals surface area contributed by atoms with Gasteiger partial charge in [-0.3, -0.25) is 4.28 Å². The van der Waals surface area contributed by atoms with Crippen molar-refractivity contribution in [3.8, 4) is 6.07 Å². The molecule has 0 fully saturated rings. The summed E-state index contributed by atoms with van der Waals surface area (Å²) >= 11 is 0. The number of aliphatic imine (C=N–C) groups is 1. The Hall–Kier alpha value is -2.20. The van der Waals surface area contributed by atoms with E-state index < -0.39 is 15.5 Å². The summed E-state index contributed by atoms with van der Waals surface area (Å²) in [5, 5.41) is 12.6. The molecular formula is C13H13N3O3S. The molecule has 20 heavy (non-hydrogen) atoms. The summed E-state index contributed by atoms with van der Waals surface area (Å²) in [6, 6.07) is 9.31. The van der Waals surface area contributed by atoms with Crippen LogP contribution in [0.3, 0.4) is 0 Å². The summed E-state index contributed by atoms with van der Waals surface area (Å²) in [7, 11) is -3.76. The van der Waals surface area contributed by atoms with Crippen LogP contribution < -0.4 is 0 Å². The van der Waals surface area contributed by atoms with Gasteiger partial charge in [0.25, 0.3) is 0 Å². The first-order valence-electron chi connectivity index (χ1n) is 5.81. The van der Waals surface area contributed by atoms with Crippen LogP contribution in [0.25, 0.3) is 0 Å². The number of nitrogens with zero attached hydrogens (tertiary/aromatic N) is 3. The molecule has 104 valence electrons. The van der Waals surface area contributed by atoms with Crippen LogP contribution in [0.2, 0.25) is 0 Å². The molecule has 0 bridgehead atoms. The second-order valence-corrected chi connectivity index (χ2v) is 6.49. The highest BCUT2D eigenvalue weighted by Crippen LogP contribution is 2.39. The van der Waals surface area contributed by atoms with Crippen molar-refractivity contribution in [3.63, 3.8) is 0 Å². The first-order chi connectivity index (χ1) is 9.25. The number of para-hydroxylation sites is 1. The molecule has 0 aromatic heterocycles. The monoisotopic (exact) mass is 291 g/mol. The zero-order valence-electron chi connectivity index (χ0n) is 11.3.